The first-order chi connectivity index (χ1) is 4.60. The van der Waals surface area contributed by atoms with Crippen LogP contribution >= 0.6 is 0 Å². The fourth-order valence-electron chi connectivity index (χ4n) is 0.765. The lowest BCUT2D eigenvalue weighted by atomic mass is 9.94. The van der Waals surface area contributed by atoms with E-state index in [1.54, 1.807) is 13.2 Å². The van der Waals surface area contributed by atoms with Crippen LogP contribution in [-0.2, 0) is 4.74 Å². The van der Waals surface area contributed by atoms with Crippen LogP contribution in [0.4, 0.5) is 0 Å². The van der Waals surface area contributed by atoms with Gasteiger partial charge in [0.05, 0.1) is 11.6 Å². The van der Waals surface area contributed by atoms with Crippen molar-refractivity contribution in [2.75, 3.05) is 7.11 Å². The summed E-state index contributed by atoms with van der Waals surface area (Å²) in [7, 11) is 1.67. The van der Waals surface area contributed by atoms with E-state index in [0.29, 0.717) is 0 Å². The van der Waals surface area contributed by atoms with Gasteiger partial charge in [-0.25, -0.2) is 0 Å². The molecule has 0 bridgehead atoms. The molecule has 2 N–H and O–H groups in total. The van der Waals surface area contributed by atoms with Crippen LogP contribution in [0.25, 0.3) is 0 Å². The summed E-state index contributed by atoms with van der Waals surface area (Å²) in [4.78, 5) is 0. The Hall–Kier alpha value is -0.340. The summed E-state index contributed by atoms with van der Waals surface area (Å²) in [6.45, 7) is 7.65. The van der Waals surface area contributed by atoms with Gasteiger partial charge in [-0.3, -0.25) is 0 Å². The van der Waals surface area contributed by atoms with E-state index >= 15 is 0 Å². The first-order valence-corrected chi connectivity index (χ1v) is 3.54. The van der Waals surface area contributed by atoms with Gasteiger partial charge in [0.25, 0.3) is 0 Å². The van der Waals surface area contributed by atoms with E-state index in [1.165, 1.54) is 0 Å². The lowest BCUT2D eigenvalue weighted by molar-refractivity contribution is -0.00702. The molecule has 0 aliphatic heterocycles. The van der Waals surface area contributed by atoms with Crippen LogP contribution in [-0.4, -0.2) is 18.8 Å². The van der Waals surface area contributed by atoms with Crippen molar-refractivity contribution in [1.82, 2.24) is 0 Å². The lowest BCUT2D eigenvalue weighted by Crippen LogP contribution is -2.45. The molecular weight excluding hydrogens is 126 g/mol. The Morgan fingerprint density at radius 1 is 1.80 bits per heavy atom. The van der Waals surface area contributed by atoms with Crippen molar-refractivity contribution in [3.05, 3.63) is 12.7 Å². The quantitative estimate of drug-likeness (QED) is 0.602. The minimum atomic E-state index is -0.248. The molecule has 0 aliphatic carbocycles. The third kappa shape index (κ3) is 1.82. The second kappa shape index (κ2) is 3.74. The van der Waals surface area contributed by atoms with Crippen molar-refractivity contribution >= 4 is 0 Å². The Kier molecular flexibility index (Phi) is 3.61. The summed E-state index contributed by atoms with van der Waals surface area (Å²) in [6, 6.07) is -0.0810. The Morgan fingerprint density at radius 2 is 2.30 bits per heavy atom. The molecule has 0 rings (SSSR count). The van der Waals surface area contributed by atoms with E-state index in [-0.39, 0.29) is 11.6 Å². The van der Waals surface area contributed by atoms with E-state index in [0.717, 1.165) is 6.42 Å². The SMILES string of the molecule is C=CC(N)C(C)(CC)OC. The number of nitrogens with two attached hydrogens (primary N) is 1. The summed E-state index contributed by atoms with van der Waals surface area (Å²) in [5.41, 5.74) is 5.48. The third-order valence-electron chi connectivity index (χ3n) is 2.13. The Bertz CT molecular complexity index is 108. The standard InChI is InChI=1S/C8H17NO/c1-5-7(9)8(3,6-2)10-4/h5,7H,1,6,9H2,2-4H3. The van der Waals surface area contributed by atoms with E-state index in [9.17, 15) is 0 Å². The first kappa shape index (κ1) is 9.66. The molecule has 2 heteroatoms. The summed E-state index contributed by atoms with van der Waals surface area (Å²) in [6.07, 6.45) is 2.61. The van der Waals surface area contributed by atoms with Crippen molar-refractivity contribution in [2.45, 2.75) is 31.9 Å². The molecule has 0 amide bonds. The third-order valence-corrected chi connectivity index (χ3v) is 2.13. The monoisotopic (exact) mass is 143 g/mol. The Balaban J connectivity index is 4.15. The maximum absolute atomic E-state index is 5.73. The molecule has 2 atom stereocenters. The number of hydrogen-bond acceptors (Lipinski definition) is 2. The van der Waals surface area contributed by atoms with Crippen LogP contribution in [0.3, 0.4) is 0 Å². The van der Waals surface area contributed by atoms with Crippen LogP contribution in [0, 0.1) is 0 Å². The predicted octanol–water partition coefficient (Wildman–Crippen LogP) is 1.31. The first-order valence-electron chi connectivity index (χ1n) is 3.54. The summed E-state index contributed by atoms with van der Waals surface area (Å²) in [5, 5.41) is 0. The number of hydrogen-bond donors (Lipinski definition) is 1. The predicted molar refractivity (Wildman–Crippen MR) is 43.9 cm³/mol. The molecule has 0 aromatic carbocycles. The highest BCUT2D eigenvalue weighted by Gasteiger charge is 2.26. The molecule has 0 fully saturated rings. The average molecular weight is 143 g/mol. The Labute approximate surface area is 63.1 Å². The molecule has 0 saturated carbocycles. The molecule has 2 unspecified atom stereocenters. The zero-order valence-electron chi connectivity index (χ0n) is 7.05. The second-order valence-corrected chi connectivity index (χ2v) is 2.63. The van der Waals surface area contributed by atoms with E-state index in [2.05, 4.69) is 6.58 Å². The van der Waals surface area contributed by atoms with Crippen molar-refractivity contribution in [3.63, 3.8) is 0 Å². The van der Waals surface area contributed by atoms with Crippen molar-refractivity contribution in [3.8, 4) is 0 Å². The molecule has 0 aliphatic rings. The van der Waals surface area contributed by atoms with Crippen molar-refractivity contribution in [1.29, 1.82) is 0 Å². The van der Waals surface area contributed by atoms with Crippen molar-refractivity contribution < 1.29 is 4.74 Å². The van der Waals surface area contributed by atoms with E-state index in [4.69, 9.17) is 10.5 Å². The molecular formula is C8H17NO. The van der Waals surface area contributed by atoms with Gasteiger partial charge in [-0.2, -0.15) is 0 Å². The van der Waals surface area contributed by atoms with Gasteiger partial charge in [0.15, 0.2) is 0 Å². The van der Waals surface area contributed by atoms with Gasteiger partial charge in [0, 0.05) is 7.11 Å². The van der Waals surface area contributed by atoms with Gasteiger partial charge in [-0.05, 0) is 13.3 Å². The van der Waals surface area contributed by atoms with Crippen LogP contribution in [0.1, 0.15) is 20.3 Å². The molecule has 0 aromatic heterocycles. The number of methoxy groups -OCH3 is 1. The highest BCUT2D eigenvalue weighted by Crippen LogP contribution is 2.17. The van der Waals surface area contributed by atoms with Gasteiger partial charge < -0.3 is 10.5 Å². The van der Waals surface area contributed by atoms with Crippen LogP contribution < -0.4 is 5.73 Å². The van der Waals surface area contributed by atoms with E-state index in [1.807, 2.05) is 13.8 Å². The van der Waals surface area contributed by atoms with Gasteiger partial charge in [0.2, 0.25) is 0 Å². The van der Waals surface area contributed by atoms with Gasteiger partial charge >= 0.3 is 0 Å². The molecule has 0 saturated heterocycles. The maximum Gasteiger partial charge on any atom is 0.0833 e. The summed E-state index contributed by atoms with van der Waals surface area (Å²) < 4.78 is 5.24. The van der Waals surface area contributed by atoms with Crippen molar-refractivity contribution in [2.24, 2.45) is 5.73 Å². The number of rotatable bonds is 4. The normalized spacial score (nSPS) is 19.6. The fraction of sp³-hybridized carbons (Fsp3) is 0.750. The fourth-order valence-corrected chi connectivity index (χ4v) is 0.765. The van der Waals surface area contributed by atoms with Gasteiger partial charge in [-0.1, -0.05) is 13.0 Å². The highest BCUT2D eigenvalue weighted by atomic mass is 16.5. The van der Waals surface area contributed by atoms with Crippen LogP contribution in [0.15, 0.2) is 12.7 Å². The molecule has 2 nitrogen and oxygen atoms in total. The summed E-state index contributed by atoms with van der Waals surface area (Å²) in [5.74, 6) is 0. The molecule has 10 heavy (non-hydrogen) atoms. The smallest absolute Gasteiger partial charge is 0.0833 e. The molecule has 0 aromatic rings. The number of ether oxygens (including phenoxy) is 1. The zero-order chi connectivity index (χ0) is 8.20. The molecule has 0 radical (unpaired) electrons. The van der Waals surface area contributed by atoms with E-state index < -0.39 is 0 Å². The molecule has 0 spiro atoms. The highest BCUT2D eigenvalue weighted by molar-refractivity contribution is 4.97. The van der Waals surface area contributed by atoms with Crippen LogP contribution in [0.5, 0.6) is 0 Å². The van der Waals surface area contributed by atoms with Gasteiger partial charge in [0.1, 0.15) is 0 Å². The molecule has 0 heterocycles. The van der Waals surface area contributed by atoms with Gasteiger partial charge in [-0.15, -0.1) is 6.58 Å². The Morgan fingerprint density at radius 3 is 2.40 bits per heavy atom. The zero-order valence-corrected chi connectivity index (χ0v) is 7.05. The molecule has 60 valence electrons. The van der Waals surface area contributed by atoms with Crippen LogP contribution in [0.2, 0.25) is 0 Å². The minimum Gasteiger partial charge on any atom is -0.377 e. The lowest BCUT2D eigenvalue weighted by Gasteiger charge is -2.30. The minimum absolute atomic E-state index is 0.0810. The maximum atomic E-state index is 5.73. The second-order valence-electron chi connectivity index (χ2n) is 2.63. The largest absolute Gasteiger partial charge is 0.377 e. The average Bonchev–Trinajstić information content (AvgIpc) is 2.01. The summed E-state index contributed by atoms with van der Waals surface area (Å²) >= 11 is 0. The topological polar surface area (TPSA) is 35.2 Å².